The first-order valence-electron chi connectivity index (χ1n) is 4.66. The van der Waals surface area contributed by atoms with E-state index in [9.17, 15) is 4.79 Å². The summed E-state index contributed by atoms with van der Waals surface area (Å²) in [5, 5.41) is 9.40. The van der Waals surface area contributed by atoms with Gasteiger partial charge in [-0.1, -0.05) is 25.1 Å². The molecular weight excluding hydrogens is 216 g/mol. The summed E-state index contributed by atoms with van der Waals surface area (Å²) >= 11 is 5.51. The highest BCUT2D eigenvalue weighted by Gasteiger charge is 2.11. The average molecular weight is 229 g/mol. The molecule has 1 rings (SSSR count). The lowest BCUT2D eigenvalue weighted by molar-refractivity contribution is 0.0947. The third-order valence-corrected chi connectivity index (χ3v) is 1.80. The fourth-order valence-electron chi connectivity index (χ4n) is 1.00. The Bertz CT molecular complexity index is 361. The molecule has 0 atom stereocenters. The lowest BCUT2D eigenvalue weighted by atomic mass is 10.3. The highest BCUT2D eigenvalue weighted by Crippen LogP contribution is 1.98. The van der Waals surface area contributed by atoms with Gasteiger partial charge in [-0.2, -0.15) is 0 Å². The molecule has 5 nitrogen and oxygen atoms in total. The fraction of sp³-hybridized carbons (Fsp3) is 0.444. The topological polar surface area (TPSA) is 70.7 Å². The van der Waals surface area contributed by atoms with Gasteiger partial charge in [0, 0.05) is 11.5 Å². The van der Waals surface area contributed by atoms with Crippen LogP contribution in [-0.4, -0.2) is 27.6 Å². The summed E-state index contributed by atoms with van der Waals surface area (Å²) < 4.78 is 0. The van der Waals surface area contributed by atoms with Gasteiger partial charge >= 0.3 is 0 Å². The maximum atomic E-state index is 11.4. The summed E-state index contributed by atoms with van der Waals surface area (Å²) in [7, 11) is 0. The van der Waals surface area contributed by atoms with Crippen LogP contribution in [0.5, 0.6) is 0 Å². The first-order valence-corrected chi connectivity index (χ1v) is 5.04. The van der Waals surface area contributed by atoms with Crippen LogP contribution in [0.25, 0.3) is 0 Å². The van der Waals surface area contributed by atoms with E-state index in [1.807, 2.05) is 6.92 Å². The maximum Gasteiger partial charge on any atom is 0.291 e. The molecule has 6 heteroatoms. The molecular formula is C9H13ClN4O. The number of carbonyl (C=O) groups excluding carboxylic acids is 1. The molecule has 0 unspecified atom stereocenters. The van der Waals surface area contributed by atoms with Gasteiger partial charge < -0.3 is 5.32 Å². The Morgan fingerprint density at radius 2 is 2.40 bits per heavy atom. The number of hydrogen-bond acceptors (Lipinski definition) is 3. The van der Waals surface area contributed by atoms with Crippen molar-refractivity contribution in [1.29, 1.82) is 0 Å². The van der Waals surface area contributed by atoms with Crippen LogP contribution in [0.2, 0.25) is 0 Å². The molecule has 0 aliphatic carbocycles. The Morgan fingerprint density at radius 1 is 1.67 bits per heavy atom. The predicted molar refractivity (Wildman–Crippen MR) is 57.7 cm³/mol. The van der Waals surface area contributed by atoms with Crippen LogP contribution >= 0.6 is 11.6 Å². The molecule has 1 amide bonds. The van der Waals surface area contributed by atoms with E-state index in [0.717, 1.165) is 12.8 Å². The standard InChI is InChI=1S/C9H13ClN4O/c1-3-4-7-12-8(14-13-7)9(15)11-5-6(2)10/h2-5H2,1H3,(H,11,15)(H,12,13,14). The molecule has 0 spiro atoms. The number of rotatable bonds is 5. The van der Waals surface area contributed by atoms with Crippen LogP contribution in [0.15, 0.2) is 11.6 Å². The van der Waals surface area contributed by atoms with Gasteiger partial charge in [0.2, 0.25) is 5.82 Å². The van der Waals surface area contributed by atoms with Crippen molar-refractivity contribution in [1.82, 2.24) is 20.5 Å². The number of H-pyrrole nitrogens is 1. The molecule has 0 aliphatic heterocycles. The minimum atomic E-state index is -0.351. The summed E-state index contributed by atoms with van der Waals surface area (Å²) in [5.41, 5.74) is 0. The van der Waals surface area contributed by atoms with E-state index in [0.29, 0.717) is 10.9 Å². The first kappa shape index (κ1) is 11.7. The van der Waals surface area contributed by atoms with Crippen molar-refractivity contribution >= 4 is 17.5 Å². The van der Waals surface area contributed by atoms with Gasteiger partial charge in [-0.05, 0) is 6.42 Å². The normalized spacial score (nSPS) is 10.0. The quantitative estimate of drug-likeness (QED) is 0.797. The summed E-state index contributed by atoms with van der Waals surface area (Å²) in [6.07, 6.45) is 1.73. The molecule has 0 radical (unpaired) electrons. The lowest BCUT2D eigenvalue weighted by Gasteiger charge is -1.98. The van der Waals surface area contributed by atoms with E-state index in [1.165, 1.54) is 0 Å². The largest absolute Gasteiger partial charge is 0.344 e. The number of hydrogen-bond donors (Lipinski definition) is 2. The minimum Gasteiger partial charge on any atom is -0.344 e. The number of halogens is 1. The second kappa shape index (κ2) is 5.50. The Hall–Kier alpha value is -1.36. The van der Waals surface area contributed by atoms with Gasteiger partial charge in [-0.25, -0.2) is 4.98 Å². The van der Waals surface area contributed by atoms with Gasteiger partial charge in [0.05, 0.1) is 6.54 Å². The average Bonchev–Trinajstić information content (AvgIpc) is 2.63. The Labute approximate surface area is 92.9 Å². The molecule has 1 aromatic rings. The Balaban J connectivity index is 2.54. The number of aromatic nitrogens is 3. The Kier molecular flexibility index (Phi) is 4.30. The van der Waals surface area contributed by atoms with E-state index in [4.69, 9.17) is 11.6 Å². The molecule has 0 saturated heterocycles. The third-order valence-electron chi connectivity index (χ3n) is 1.66. The van der Waals surface area contributed by atoms with E-state index >= 15 is 0 Å². The van der Waals surface area contributed by atoms with Crippen LogP contribution < -0.4 is 5.32 Å². The van der Waals surface area contributed by atoms with E-state index in [-0.39, 0.29) is 18.3 Å². The van der Waals surface area contributed by atoms with Crippen molar-refractivity contribution < 1.29 is 4.79 Å². The molecule has 1 heterocycles. The van der Waals surface area contributed by atoms with Gasteiger partial charge in [-0.15, -0.1) is 5.10 Å². The van der Waals surface area contributed by atoms with Crippen molar-refractivity contribution in [2.75, 3.05) is 6.54 Å². The summed E-state index contributed by atoms with van der Waals surface area (Å²) in [5.74, 6) is 0.499. The number of carbonyl (C=O) groups is 1. The van der Waals surface area contributed by atoms with Crippen LogP contribution in [0, 0.1) is 0 Å². The van der Waals surface area contributed by atoms with E-state index < -0.39 is 0 Å². The minimum absolute atomic E-state index is 0.136. The van der Waals surface area contributed by atoms with E-state index in [1.54, 1.807) is 0 Å². The van der Waals surface area contributed by atoms with Crippen LogP contribution in [0.4, 0.5) is 0 Å². The van der Waals surface area contributed by atoms with Gasteiger partial charge in [0.15, 0.2) is 0 Å². The summed E-state index contributed by atoms with van der Waals surface area (Å²) in [4.78, 5) is 15.4. The fourth-order valence-corrected chi connectivity index (χ4v) is 1.07. The second-order valence-electron chi connectivity index (χ2n) is 3.06. The van der Waals surface area contributed by atoms with Crippen LogP contribution in [0.1, 0.15) is 29.8 Å². The lowest BCUT2D eigenvalue weighted by Crippen LogP contribution is -2.25. The molecule has 2 N–H and O–H groups in total. The SMILES string of the molecule is C=C(Cl)CNC(=O)c1n[nH]c(CCC)n1. The van der Waals surface area contributed by atoms with Crippen molar-refractivity contribution in [3.8, 4) is 0 Å². The third kappa shape index (κ3) is 3.71. The van der Waals surface area contributed by atoms with Crippen molar-refractivity contribution in [3.05, 3.63) is 23.3 Å². The number of aryl methyl sites for hydroxylation is 1. The smallest absolute Gasteiger partial charge is 0.291 e. The zero-order chi connectivity index (χ0) is 11.3. The van der Waals surface area contributed by atoms with E-state index in [2.05, 4.69) is 27.1 Å². The molecule has 0 aliphatic rings. The van der Waals surface area contributed by atoms with Crippen molar-refractivity contribution in [2.45, 2.75) is 19.8 Å². The monoisotopic (exact) mass is 228 g/mol. The molecule has 82 valence electrons. The molecule has 0 aromatic carbocycles. The zero-order valence-electron chi connectivity index (χ0n) is 8.51. The summed E-state index contributed by atoms with van der Waals surface area (Å²) in [6.45, 7) is 5.71. The van der Waals surface area contributed by atoms with Gasteiger partial charge in [-0.3, -0.25) is 9.89 Å². The maximum absolute atomic E-state index is 11.4. The first-order chi connectivity index (χ1) is 7.13. The van der Waals surface area contributed by atoms with Crippen molar-refractivity contribution in [3.63, 3.8) is 0 Å². The number of nitrogens with one attached hydrogen (secondary N) is 2. The zero-order valence-corrected chi connectivity index (χ0v) is 9.26. The van der Waals surface area contributed by atoms with Crippen LogP contribution in [-0.2, 0) is 6.42 Å². The highest BCUT2D eigenvalue weighted by atomic mass is 35.5. The molecule has 0 saturated carbocycles. The second-order valence-corrected chi connectivity index (χ2v) is 3.59. The number of nitrogens with zero attached hydrogens (tertiary/aromatic N) is 2. The number of aromatic amines is 1. The highest BCUT2D eigenvalue weighted by molar-refractivity contribution is 6.29. The molecule has 15 heavy (non-hydrogen) atoms. The van der Waals surface area contributed by atoms with Gasteiger partial charge in [0.1, 0.15) is 5.82 Å². The predicted octanol–water partition coefficient (Wildman–Crippen LogP) is 1.24. The van der Waals surface area contributed by atoms with Crippen LogP contribution in [0.3, 0.4) is 0 Å². The number of amides is 1. The van der Waals surface area contributed by atoms with Crippen molar-refractivity contribution in [2.24, 2.45) is 0 Å². The molecule has 0 fully saturated rings. The molecule has 0 bridgehead atoms. The molecule has 1 aromatic heterocycles. The summed E-state index contributed by atoms with van der Waals surface area (Å²) in [6, 6.07) is 0. The Morgan fingerprint density at radius 3 is 3.00 bits per heavy atom. The van der Waals surface area contributed by atoms with Gasteiger partial charge in [0.25, 0.3) is 5.91 Å².